The number of carbonyl (C=O) groups is 1. The molecule has 0 unspecified atom stereocenters. The maximum absolute atomic E-state index is 11.9. The number of amides is 1. The number of oxime groups is 1. The Morgan fingerprint density at radius 1 is 1.14 bits per heavy atom. The molecule has 0 bridgehead atoms. The van der Waals surface area contributed by atoms with Crippen LogP contribution in [0.25, 0.3) is 0 Å². The second-order valence-corrected chi connectivity index (χ2v) is 4.77. The molecule has 5 heteroatoms. The lowest BCUT2D eigenvalue weighted by atomic mass is 10.1. The number of aryl methyl sites for hydroxylation is 1. The smallest absolute Gasteiger partial charge is 0.228 e. The number of hydrogen-bond donors (Lipinski definition) is 3. The molecule has 0 radical (unpaired) electrons. The van der Waals surface area contributed by atoms with Gasteiger partial charge in [0, 0.05) is 11.3 Å². The molecule has 0 saturated carbocycles. The molecule has 0 aliphatic rings. The molecule has 2 aromatic carbocycles. The van der Waals surface area contributed by atoms with E-state index in [0.717, 1.165) is 11.1 Å². The zero-order valence-electron chi connectivity index (χ0n) is 11.7. The molecule has 1 amide bonds. The van der Waals surface area contributed by atoms with Crippen molar-refractivity contribution < 1.29 is 10.0 Å². The number of nitrogens with zero attached hydrogens (tertiary/aromatic N) is 1. The Bertz CT molecular complexity index is 646. The normalized spacial score (nSPS) is 11.2. The van der Waals surface area contributed by atoms with Crippen LogP contribution in [-0.4, -0.2) is 17.0 Å². The molecule has 21 heavy (non-hydrogen) atoms. The molecule has 2 rings (SSSR count). The van der Waals surface area contributed by atoms with Crippen molar-refractivity contribution in [3.63, 3.8) is 0 Å². The summed E-state index contributed by atoms with van der Waals surface area (Å²) in [4.78, 5) is 11.9. The Hall–Kier alpha value is -2.82. The molecule has 0 aliphatic heterocycles. The number of amidine groups is 1. The summed E-state index contributed by atoms with van der Waals surface area (Å²) in [6, 6.07) is 14.6. The highest BCUT2D eigenvalue weighted by atomic mass is 16.4. The number of hydrogen-bond acceptors (Lipinski definition) is 3. The van der Waals surface area contributed by atoms with Crippen molar-refractivity contribution in [2.75, 3.05) is 5.32 Å². The first kappa shape index (κ1) is 14.6. The second-order valence-electron chi connectivity index (χ2n) is 4.77. The Morgan fingerprint density at radius 3 is 2.33 bits per heavy atom. The van der Waals surface area contributed by atoms with Gasteiger partial charge in [-0.15, -0.1) is 0 Å². The predicted molar refractivity (Wildman–Crippen MR) is 82.5 cm³/mol. The van der Waals surface area contributed by atoms with Crippen LogP contribution >= 0.6 is 0 Å². The van der Waals surface area contributed by atoms with Gasteiger partial charge in [-0.1, -0.05) is 35.0 Å². The third-order valence-corrected chi connectivity index (χ3v) is 3.06. The van der Waals surface area contributed by atoms with E-state index in [4.69, 9.17) is 10.9 Å². The van der Waals surface area contributed by atoms with Crippen LogP contribution in [0.5, 0.6) is 0 Å². The highest BCUT2D eigenvalue weighted by molar-refractivity contribution is 5.98. The highest BCUT2D eigenvalue weighted by Crippen LogP contribution is 2.11. The van der Waals surface area contributed by atoms with Crippen molar-refractivity contribution >= 4 is 17.4 Å². The number of carbonyl (C=O) groups excluding carboxylic acids is 1. The minimum absolute atomic E-state index is 0.0348. The molecule has 2 aromatic rings. The van der Waals surface area contributed by atoms with Crippen molar-refractivity contribution in [3.05, 3.63) is 65.2 Å². The number of nitrogens with two attached hydrogens (primary N) is 1. The second kappa shape index (κ2) is 6.56. The van der Waals surface area contributed by atoms with Gasteiger partial charge in [-0.3, -0.25) is 4.79 Å². The number of rotatable bonds is 4. The summed E-state index contributed by atoms with van der Waals surface area (Å²) in [6.07, 6.45) is 0.322. The number of nitrogens with one attached hydrogen (secondary N) is 1. The van der Waals surface area contributed by atoms with Crippen LogP contribution in [0.15, 0.2) is 53.7 Å². The van der Waals surface area contributed by atoms with E-state index in [2.05, 4.69) is 10.5 Å². The van der Waals surface area contributed by atoms with Gasteiger partial charge < -0.3 is 16.3 Å². The largest absolute Gasteiger partial charge is 0.409 e. The van der Waals surface area contributed by atoms with Crippen molar-refractivity contribution in [3.8, 4) is 0 Å². The van der Waals surface area contributed by atoms with E-state index >= 15 is 0 Å². The fourth-order valence-electron chi connectivity index (χ4n) is 1.88. The van der Waals surface area contributed by atoms with Gasteiger partial charge in [-0.2, -0.15) is 0 Å². The quantitative estimate of drug-likeness (QED) is 0.348. The summed E-state index contributed by atoms with van der Waals surface area (Å²) < 4.78 is 0. The molecule has 0 atom stereocenters. The van der Waals surface area contributed by atoms with Gasteiger partial charge in [0.05, 0.1) is 6.42 Å². The number of benzene rings is 2. The third kappa shape index (κ3) is 4.07. The van der Waals surface area contributed by atoms with E-state index in [1.165, 1.54) is 0 Å². The fraction of sp³-hybridized carbons (Fsp3) is 0.125. The van der Waals surface area contributed by atoms with Gasteiger partial charge in [0.15, 0.2) is 5.84 Å². The summed E-state index contributed by atoms with van der Waals surface area (Å²) in [7, 11) is 0. The lowest BCUT2D eigenvalue weighted by Gasteiger charge is -2.06. The van der Waals surface area contributed by atoms with Crippen LogP contribution in [0.4, 0.5) is 5.69 Å². The molecular weight excluding hydrogens is 266 g/mol. The molecule has 5 nitrogen and oxygen atoms in total. The van der Waals surface area contributed by atoms with Gasteiger partial charge in [0.2, 0.25) is 5.91 Å². The van der Waals surface area contributed by atoms with Crippen LogP contribution in [0.2, 0.25) is 0 Å². The maximum Gasteiger partial charge on any atom is 0.228 e. The molecule has 4 N–H and O–H groups in total. The monoisotopic (exact) mass is 283 g/mol. The topological polar surface area (TPSA) is 87.7 Å². The summed E-state index contributed by atoms with van der Waals surface area (Å²) in [5.41, 5.74) is 8.86. The van der Waals surface area contributed by atoms with Gasteiger partial charge in [0.1, 0.15) is 0 Å². The molecular formula is C16H17N3O2. The van der Waals surface area contributed by atoms with E-state index in [1.54, 1.807) is 24.3 Å². The molecule has 0 aromatic heterocycles. The minimum Gasteiger partial charge on any atom is -0.409 e. The predicted octanol–water partition coefficient (Wildman–Crippen LogP) is 2.27. The molecule has 0 saturated heterocycles. The van der Waals surface area contributed by atoms with Gasteiger partial charge in [-0.05, 0) is 36.8 Å². The lowest BCUT2D eigenvalue weighted by Crippen LogP contribution is -2.15. The van der Waals surface area contributed by atoms with E-state index in [-0.39, 0.29) is 11.7 Å². The molecule has 0 aliphatic carbocycles. The molecule has 108 valence electrons. The van der Waals surface area contributed by atoms with Crippen LogP contribution in [0, 0.1) is 6.92 Å². The first-order chi connectivity index (χ1) is 10.1. The van der Waals surface area contributed by atoms with Crippen LogP contribution < -0.4 is 11.1 Å². The van der Waals surface area contributed by atoms with E-state index < -0.39 is 0 Å². The molecule has 0 fully saturated rings. The Kier molecular flexibility index (Phi) is 4.56. The standard InChI is InChI=1S/C16H17N3O2/c1-11-2-4-12(5-3-11)10-15(20)18-14-8-6-13(7-9-14)16(17)19-21/h2-9,21H,10H2,1H3,(H2,17,19)(H,18,20). The molecule has 0 spiro atoms. The van der Waals surface area contributed by atoms with Crippen molar-refractivity contribution in [2.45, 2.75) is 13.3 Å². The summed E-state index contributed by atoms with van der Waals surface area (Å²) in [5, 5.41) is 14.3. The van der Waals surface area contributed by atoms with E-state index in [0.29, 0.717) is 17.7 Å². The van der Waals surface area contributed by atoms with E-state index in [1.807, 2.05) is 31.2 Å². The average molecular weight is 283 g/mol. The number of anilines is 1. The van der Waals surface area contributed by atoms with Crippen molar-refractivity contribution in [1.29, 1.82) is 0 Å². The lowest BCUT2D eigenvalue weighted by molar-refractivity contribution is -0.115. The van der Waals surface area contributed by atoms with Gasteiger partial charge >= 0.3 is 0 Å². The van der Waals surface area contributed by atoms with E-state index in [9.17, 15) is 4.79 Å². The third-order valence-electron chi connectivity index (χ3n) is 3.06. The average Bonchev–Trinajstić information content (AvgIpc) is 2.49. The SMILES string of the molecule is Cc1ccc(CC(=O)Nc2ccc(/C(N)=N/O)cc2)cc1. The summed E-state index contributed by atoms with van der Waals surface area (Å²) in [5.74, 6) is -0.0528. The van der Waals surface area contributed by atoms with Crippen molar-refractivity contribution in [2.24, 2.45) is 10.9 Å². The Labute approximate surface area is 123 Å². The van der Waals surface area contributed by atoms with Gasteiger partial charge in [-0.25, -0.2) is 0 Å². The van der Waals surface area contributed by atoms with Crippen LogP contribution in [-0.2, 0) is 11.2 Å². The summed E-state index contributed by atoms with van der Waals surface area (Å²) >= 11 is 0. The van der Waals surface area contributed by atoms with Crippen LogP contribution in [0.3, 0.4) is 0 Å². The fourth-order valence-corrected chi connectivity index (χ4v) is 1.88. The van der Waals surface area contributed by atoms with Crippen molar-refractivity contribution in [1.82, 2.24) is 0 Å². The van der Waals surface area contributed by atoms with Crippen LogP contribution in [0.1, 0.15) is 16.7 Å². The first-order valence-electron chi connectivity index (χ1n) is 6.52. The highest BCUT2D eigenvalue weighted by Gasteiger charge is 2.05. The maximum atomic E-state index is 11.9. The first-order valence-corrected chi connectivity index (χ1v) is 6.52. The zero-order valence-corrected chi connectivity index (χ0v) is 11.7. The Morgan fingerprint density at radius 2 is 1.76 bits per heavy atom. The Balaban J connectivity index is 1.98. The zero-order chi connectivity index (χ0) is 15.2. The molecule has 0 heterocycles. The summed E-state index contributed by atoms with van der Waals surface area (Å²) in [6.45, 7) is 2.01. The van der Waals surface area contributed by atoms with Gasteiger partial charge in [0.25, 0.3) is 0 Å². The minimum atomic E-state index is -0.0876.